The summed E-state index contributed by atoms with van der Waals surface area (Å²) in [5.41, 5.74) is 0.263. The van der Waals surface area contributed by atoms with Gasteiger partial charge in [0.25, 0.3) is 0 Å². The van der Waals surface area contributed by atoms with E-state index in [1.807, 2.05) is 0 Å². The SMILES string of the molecule is O=C(O)c1ccc(OCCCSc2ncns2)cc1. The Bertz CT molecular complexity index is 514. The van der Waals surface area contributed by atoms with Gasteiger partial charge in [-0.25, -0.2) is 9.78 Å². The van der Waals surface area contributed by atoms with E-state index >= 15 is 0 Å². The zero-order chi connectivity index (χ0) is 13.5. The smallest absolute Gasteiger partial charge is 0.335 e. The lowest BCUT2D eigenvalue weighted by Gasteiger charge is -2.05. The second-order valence-electron chi connectivity index (χ2n) is 3.59. The van der Waals surface area contributed by atoms with Gasteiger partial charge in [0.15, 0.2) is 4.34 Å². The zero-order valence-electron chi connectivity index (χ0n) is 9.98. The summed E-state index contributed by atoms with van der Waals surface area (Å²) in [5, 5.41) is 8.76. The van der Waals surface area contributed by atoms with Crippen molar-refractivity contribution in [1.29, 1.82) is 0 Å². The summed E-state index contributed by atoms with van der Waals surface area (Å²) >= 11 is 3.04. The molecule has 0 atom stereocenters. The van der Waals surface area contributed by atoms with Gasteiger partial charge in [-0.1, -0.05) is 11.8 Å². The summed E-state index contributed by atoms with van der Waals surface area (Å²) in [4.78, 5) is 14.7. The van der Waals surface area contributed by atoms with Crippen LogP contribution in [0.25, 0.3) is 0 Å². The molecular formula is C12H12N2O3S2. The molecule has 5 nitrogen and oxygen atoms in total. The van der Waals surface area contributed by atoms with Crippen LogP contribution in [0.15, 0.2) is 34.9 Å². The first-order valence-electron chi connectivity index (χ1n) is 5.61. The number of carboxylic acids is 1. The quantitative estimate of drug-likeness (QED) is 0.625. The second kappa shape index (κ2) is 7.10. The minimum atomic E-state index is -0.931. The number of nitrogens with zero attached hydrogens (tertiary/aromatic N) is 2. The summed E-state index contributed by atoms with van der Waals surface area (Å²) in [5.74, 6) is 0.675. The van der Waals surface area contributed by atoms with Crippen molar-refractivity contribution in [3.05, 3.63) is 36.2 Å². The van der Waals surface area contributed by atoms with Gasteiger partial charge >= 0.3 is 5.97 Å². The molecule has 1 N–H and O–H groups in total. The van der Waals surface area contributed by atoms with Gasteiger partial charge < -0.3 is 9.84 Å². The van der Waals surface area contributed by atoms with Crippen LogP contribution in [0.1, 0.15) is 16.8 Å². The lowest BCUT2D eigenvalue weighted by molar-refractivity contribution is 0.0697. The number of aromatic nitrogens is 2. The van der Waals surface area contributed by atoms with Crippen molar-refractivity contribution in [3.8, 4) is 5.75 Å². The molecule has 0 saturated heterocycles. The molecule has 0 radical (unpaired) electrons. The number of benzene rings is 1. The first-order valence-corrected chi connectivity index (χ1v) is 7.37. The Kier molecular flexibility index (Phi) is 5.17. The molecule has 0 aliphatic carbocycles. The third-order valence-electron chi connectivity index (χ3n) is 2.23. The highest BCUT2D eigenvalue weighted by Crippen LogP contribution is 2.19. The van der Waals surface area contributed by atoms with E-state index in [1.54, 1.807) is 30.2 Å². The molecule has 1 heterocycles. The summed E-state index contributed by atoms with van der Waals surface area (Å²) in [6.45, 7) is 0.595. The predicted octanol–water partition coefficient (Wildman–Crippen LogP) is 2.80. The molecule has 0 aliphatic rings. The zero-order valence-corrected chi connectivity index (χ0v) is 11.6. The number of rotatable bonds is 7. The van der Waals surface area contributed by atoms with Crippen molar-refractivity contribution >= 4 is 29.3 Å². The van der Waals surface area contributed by atoms with Crippen LogP contribution in [0.5, 0.6) is 5.75 Å². The standard InChI is InChI=1S/C12H12N2O3S2/c15-11(16)9-2-4-10(5-3-9)17-6-1-7-18-12-13-8-14-19-12/h2-5,8H,1,6-7H2,(H,15,16). The molecule has 0 bridgehead atoms. The van der Waals surface area contributed by atoms with E-state index in [-0.39, 0.29) is 5.56 Å². The number of carboxylic acid groups (broad SMARTS) is 1. The Morgan fingerprint density at radius 2 is 2.16 bits per heavy atom. The maximum atomic E-state index is 10.7. The van der Waals surface area contributed by atoms with Gasteiger partial charge in [0, 0.05) is 5.75 Å². The number of hydrogen-bond donors (Lipinski definition) is 1. The van der Waals surface area contributed by atoms with Crippen molar-refractivity contribution < 1.29 is 14.6 Å². The number of ether oxygens (including phenoxy) is 1. The Balaban J connectivity index is 1.66. The molecule has 2 aromatic rings. The van der Waals surface area contributed by atoms with Crippen LogP contribution in [-0.4, -0.2) is 32.8 Å². The van der Waals surface area contributed by atoms with E-state index in [0.717, 1.165) is 16.5 Å². The highest BCUT2D eigenvalue weighted by molar-refractivity contribution is 8.00. The fourth-order valence-electron chi connectivity index (χ4n) is 1.33. The maximum Gasteiger partial charge on any atom is 0.335 e. The summed E-state index contributed by atoms with van der Waals surface area (Å²) in [7, 11) is 0. The van der Waals surface area contributed by atoms with E-state index in [1.165, 1.54) is 23.7 Å². The van der Waals surface area contributed by atoms with Gasteiger partial charge in [0.2, 0.25) is 0 Å². The Morgan fingerprint density at radius 3 is 2.79 bits per heavy atom. The Morgan fingerprint density at radius 1 is 1.37 bits per heavy atom. The number of carbonyl (C=O) groups is 1. The molecule has 0 aliphatic heterocycles. The third-order valence-corrected chi connectivity index (χ3v) is 4.11. The summed E-state index contributed by atoms with van der Waals surface area (Å²) in [6.07, 6.45) is 2.44. The summed E-state index contributed by atoms with van der Waals surface area (Å²) in [6, 6.07) is 6.41. The Labute approximate surface area is 118 Å². The van der Waals surface area contributed by atoms with Crippen LogP contribution in [0.4, 0.5) is 0 Å². The van der Waals surface area contributed by atoms with Crippen molar-refractivity contribution in [3.63, 3.8) is 0 Å². The van der Waals surface area contributed by atoms with Gasteiger partial charge in [-0.15, -0.1) is 0 Å². The lowest BCUT2D eigenvalue weighted by Crippen LogP contribution is -2.00. The molecule has 0 fully saturated rings. The van der Waals surface area contributed by atoms with Gasteiger partial charge in [0.1, 0.15) is 12.1 Å². The predicted molar refractivity (Wildman–Crippen MR) is 74.1 cm³/mol. The van der Waals surface area contributed by atoms with Crippen LogP contribution in [0, 0.1) is 0 Å². The molecule has 0 spiro atoms. The molecule has 100 valence electrons. The van der Waals surface area contributed by atoms with E-state index in [0.29, 0.717) is 12.4 Å². The first-order chi connectivity index (χ1) is 9.25. The van der Waals surface area contributed by atoms with E-state index in [4.69, 9.17) is 9.84 Å². The number of aromatic carboxylic acids is 1. The Hall–Kier alpha value is -1.60. The topological polar surface area (TPSA) is 72.3 Å². The van der Waals surface area contributed by atoms with Gasteiger partial charge in [-0.05, 0) is 42.2 Å². The molecule has 7 heteroatoms. The van der Waals surface area contributed by atoms with Gasteiger partial charge in [-0.2, -0.15) is 4.37 Å². The molecule has 19 heavy (non-hydrogen) atoms. The minimum Gasteiger partial charge on any atom is -0.494 e. The molecule has 2 rings (SSSR count). The van der Waals surface area contributed by atoms with Crippen LogP contribution in [0.3, 0.4) is 0 Å². The fourth-order valence-corrected chi connectivity index (χ4v) is 2.76. The highest BCUT2D eigenvalue weighted by Gasteiger charge is 2.02. The minimum absolute atomic E-state index is 0.263. The molecule has 0 saturated carbocycles. The van der Waals surface area contributed by atoms with Crippen molar-refractivity contribution in [1.82, 2.24) is 9.36 Å². The fraction of sp³-hybridized carbons (Fsp3) is 0.250. The normalized spacial score (nSPS) is 10.3. The molecule has 0 unspecified atom stereocenters. The first kappa shape index (κ1) is 13.8. The van der Waals surface area contributed by atoms with Crippen molar-refractivity contribution in [2.45, 2.75) is 10.8 Å². The van der Waals surface area contributed by atoms with Crippen LogP contribution >= 0.6 is 23.3 Å². The van der Waals surface area contributed by atoms with Crippen LogP contribution in [-0.2, 0) is 0 Å². The van der Waals surface area contributed by atoms with E-state index in [9.17, 15) is 4.79 Å². The van der Waals surface area contributed by atoms with E-state index in [2.05, 4.69) is 9.36 Å². The largest absolute Gasteiger partial charge is 0.494 e. The monoisotopic (exact) mass is 296 g/mol. The molecular weight excluding hydrogens is 284 g/mol. The highest BCUT2D eigenvalue weighted by atomic mass is 32.2. The van der Waals surface area contributed by atoms with Crippen LogP contribution < -0.4 is 4.74 Å². The average molecular weight is 296 g/mol. The number of hydrogen-bond acceptors (Lipinski definition) is 6. The van der Waals surface area contributed by atoms with Crippen LogP contribution in [0.2, 0.25) is 0 Å². The van der Waals surface area contributed by atoms with Gasteiger partial charge in [-0.3, -0.25) is 0 Å². The van der Waals surface area contributed by atoms with Crippen molar-refractivity contribution in [2.75, 3.05) is 12.4 Å². The second-order valence-corrected chi connectivity index (χ2v) is 5.71. The average Bonchev–Trinajstić information content (AvgIpc) is 2.92. The molecule has 1 aromatic heterocycles. The summed E-state index contributed by atoms with van der Waals surface area (Å²) < 4.78 is 10.4. The van der Waals surface area contributed by atoms with Crippen molar-refractivity contribution in [2.24, 2.45) is 0 Å². The lowest BCUT2D eigenvalue weighted by atomic mass is 10.2. The van der Waals surface area contributed by atoms with E-state index < -0.39 is 5.97 Å². The number of thioether (sulfide) groups is 1. The maximum absolute atomic E-state index is 10.7. The van der Waals surface area contributed by atoms with Gasteiger partial charge in [0.05, 0.1) is 12.2 Å². The molecule has 1 aromatic carbocycles. The third kappa shape index (κ3) is 4.53. The molecule has 0 amide bonds.